The highest BCUT2D eigenvalue weighted by atomic mass is 35.5. The third kappa shape index (κ3) is 6.00. The molecule has 194 valence electrons. The van der Waals surface area contributed by atoms with Gasteiger partial charge < -0.3 is 25.4 Å². The van der Waals surface area contributed by atoms with Crippen molar-refractivity contribution in [1.82, 2.24) is 14.9 Å². The second-order valence-corrected chi connectivity index (χ2v) is 10.7. The highest BCUT2D eigenvalue weighted by Gasteiger charge is 2.26. The highest BCUT2D eigenvalue weighted by Crippen LogP contribution is 2.33. The van der Waals surface area contributed by atoms with Gasteiger partial charge in [-0.2, -0.15) is 0 Å². The molecule has 0 atom stereocenters. The van der Waals surface area contributed by atoms with E-state index >= 15 is 0 Å². The Morgan fingerprint density at radius 2 is 1.95 bits per heavy atom. The maximum absolute atomic E-state index is 12.5. The van der Waals surface area contributed by atoms with Gasteiger partial charge in [0, 0.05) is 24.7 Å². The number of rotatable bonds is 5. The number of methoxy groups -OCH3 is 1. The molecule has 3 N–H and O–H groups in total. The number of carbonyl (C=O) groups is 3. The number of benzene rings is 1. The second-order valence-electron chi connectivity index (χ2n) is 9.39. The first-order chi connectivity index (χ1) is 17.4. The average molecular weight is 544 g/mol. The number of nitrogens with two attached hydrogens (primary N) is 1. The molecule has 0 saturated heterocycles. The van der Waals surface area contributed by atoms with E-state index in [0.717, 1.165) is 11.1 Å². The van der Waals surface area contributed by atoms with Gasteiger partial charge in [0.15, 0.2) is 0 Å². The molecule has 10 nitrogen and oxygen atoms in total. The van der Waals surface area contributed by atoms with Crippen molar-refractivity contribution >= 4 is 52.5 Å². The van der Waals surface area contributed by atoms with Gasteiger partial charge in [-0.15, -0.1) is 11.3 Å². The van der Waals surface area contributed by atoms with Gasteiger partial charge in [-0.1, -0.05) is 11.6 Å². The molecule has 0 bridgehead atoms. The van der Waals surface area contributed by atoms with E-state index in [9.17, 15) is 14.4 Å². The summed E-state index contributed by atoms with van der Waals surface area (Å²) in [5.74, 6) is -1.00. The molecule has 0 aliphatic carbocycles. The minimum atomic E-state index is -0.698. The molecule has 37 heavy (non-hydrogen) atoms. The first-order valence-corrected chi connectivity index (χ1v) is 12.6. The third-order valence-corrected chi connectivity index (χ3v) is 6.76. The number of hydrogen-bond donors (Lipinski definition) is 2. The summed E-state index contributed by atoms with van der Waals surface area (Å²) in [6.07, 6.45) is 1.59. The van der Waals surface area contributed by atoms with E-state index in [1.54, 1.807) is 22.4 Å². The molecule has 0 spiro atoms. The third-order valence-electron chi connectivity index (χ3n) is 5.51. The molecule has 1 aliphatic heterocycles. The minimum absolute atomic E-state index is 0.114. The Hall–Kier alpha value is -3.70. The zero-order chi connectivity index (χ0) is 26.9. The van der Waals surface area contributed by atoms with E-state index in [4.69, 9.17) is 26.8 Å². The number of fused-ring (bicyclic) bond motifs is 1. The topological polar surface area (TPSA) is 137 Å². The summed E-state index contributed by atoms with van der Waals surface area (Å²) in [7, 11) is 1.29. The molecule has 4 rings (SSSR count). The van der Waals surface area contributed by atoms with E-state index in [-0.39, 0.29) is 23.3 Å². The van der Waals surface area contributed by atoms with E-state index in [2.05, 4.69) is 15.3 Å². The molecule has 2 amide bonds. The molecule has 1 aromatic carbocycles. The summed E-state index contributed by atoms with van der Waals surface area (Å²) in [4.78, 5) is 47.3. The van der Waals surface area contributed by atoms with Crippen molar-refractivity contribution < 1.29 is 23.9 Å². The van der Waals surface area contributed by atoms with E-state index in [0.29, 0.717) is 40.7 Å². The first kappa shape index (κ1) is 26.4. The number of esters is 1. The number of aromatic nitrogens is 2. The zero-order valence-corrected chi connectivity index (χ0v) is 22.3. The SMILES string of the molecule is COC(=O)c1csc(-c2nc(Nc3cc4c(cc3Cl)CN(C(=O)OC(C)(C)C)CC4)ncc2C(N)=O)c1. The maximum Gasteiger partial charge on any atom is 0.410 e. The van der Waals surface area contributed by atoms with Crippen LogP contribution in [-0.2, 0) is 22.4 Å². The molecule has 1 aliphatic rings. The number of nitrogens with one attached hydrogen (secondary N) is 1. The molecule has 0 radical (unpaired) electrons. The number of thiophene rings is 1. The van der Waals surface area contributed by atoms with Gasteiger partial charge in [-0.25, -0.2) is 19.6 Å². The largest absolute Gasteiger partial charge is 0.465 e. The number of anilines is 2. The fourth-order valence-corrected chi connectivity index (χ4v) is 4.89. The monoisotopic (exact) mass is 543 g/mol. The molecule has 0 unspecified atom stereocenters. The second kappa shape index (κ2) is 10.3. The number of nitrogens with zero attached hydrogens (tertiary/aromatic N) is 3. The van der Waals surface area contributed by atoms with Crippen LogP contribution in [0, 0.1) is 0 Å². The van der Waals surface area contributed by atoms with Crippen LogP contribution < -0.4 is 11.1 Å². The fraction of sp³-hybridized carbons (Fsp3) is 0.320. The summed E-state index contributed by atoms with van der Waals surface area (Å²) < 4.78 is 10.2. The van der Waals surface area contributed by atoms with E-state index < -0.39 is 17.5 Å². The van der Waals surface area contributed by atoms with Crippen LogP contribution in [0.15, 0.2) is 29.8 Å². The van der Waals surface area contributed by atoms with Gasteiger partial charge in [-0.3, -0.25) is 4.79 Å². The Bertz CT molecular complexity index is 1380. The van der Waals surface area contributed by atoms with Crippen LogP contribution in [0.4, 0.5) is 16.4 Å². The summed E-state index contributed by atoms with van der Waals surface area (Å²) in [5, 5.41) is 5.13. The molecule has 0 fully saturated rings. The molecular formula is C25H26ClN5O5S. The molecule has 3 heterocycles. The van der Waals surface area contributed by atoms with Crippen LogP contribution in [0.1, 0.15) is 52.6 Å². The smallest absolute Gasteiger partial charge is 0.410 e. The standard InChI is InChI=1S/C25H26ClN5O5S/c1-25(2,3)36-24(34)31-6-5-13-8-18(17(26)7-14(13)11-31)29-23-28-10-16(21(27)32)20(30-23)19-9-15(12-37-19)22(33)35-4/h7-10,12H,5-6,11H2,1-4H3,(H2,27,32)(H,28,29,30). The number of halogens is 1. The van der Waals surface area contributed by atoms with Crippen LogP contribution in [0.25, 0.3) is 10.6 Å². The number of amides is 2. The van der Waals surface area contributed by atoms with Gasteiger partial charge in [0.2, 0.25) is 5.95 Å². The Kier molecular flexibility index (Phi) is 7.37. The lowest BCUT2D eigenvalue weighted by molar-refractivity contribution is 0.0223. The maximum atomic E-state index is 12.5. The first-order valence-electron chi connectivity index (χ1n) is 11.4. The molecular weight excluding hydrogens is 518 g/mol. The lowest BCUT2D eigenvalue weighted by Crippen LogP contribution is -2.39. The average Bonchev–Trinajstić information content (AvgIpc) is 3.33. The van der Waals surface area contributed by atoms with Crippen molar-refractivity contribution in [3.05, 3.63) is 57.1 Å². The predicted octanol–water partition coefficient (Wildman–Crippen LogP) is 4.78. The van der Waals surface area contributed by atoms with Gasteiger partial charge in [0.05, 0.1) is 39.5 Å². The fourth-order valence-electron chi connectivity index (χ4n) is 3.77. The molecule has 2 aromatic heterocycles. The summed E-state index contributed by atoms with van der Waals surface area (Å²) >= 11 is 7.79. The van der Waals surface area contributed by atoms with E-state index in [1.165, 1.54) is 24.6 Å². The Labute approximate surface area is 222 Å². The van der Waals surface area contributed by atoms with Crippen molar-refractivity contribution in [3.8, 4) is 10.6 Å². The van der Waals surface area contributed by atoms with Gasteiger partial charge in [-0.05, 0) is 56.5 Å². The van der Waals surface area contributed by atoms with Gasteiger partial charge in [0.1, 0.15) is 5.60 Å². The Morgan fingerprint density at radius 3 is 2.62 bits per heavy atom. The van der Waals surface area contributed by atoms with Crippen molar-refractivity contribution in [2.45, 2.75) is 39.3 Å². The van der Waals surface area contributed by atoms with Crippen LogP contribution >= 0.6 is 22.9 Å². The normalized spacial score (nSPS) is 13.1. The molecule has 0 saturated carbocycles. The van der Waals surface area contributed by atoms with E-state index in [1.807, 2.05) is 26.8 Å². The van der Waals surface area contributed by atoms with Crippen LogP contribution in [0.5, 0.6) is 0 Å². The van der Waals surface area contributed by atoms with Gasteiger partial charge >= 0.3 is 12.1 Å². The Morgan fingerprint density at radius 1 is 1.19 bits per heavy atom. The number of ether oxygens (including phenoxy) is 2. The van der Waals surface area contributed by atoms with Crippen molar-refractivity contribution in [3.63, 3.8) is 0 Å². The van der Waals surface area contributed by atoms with Crippen molar-refractivity contribution in [2.24, 2.45) is 5.73 Å². The number of carbonyl (C=O) groups excluding carboxylic acids is 3. The highest BCUT2D eigenvalue weighted by molar-refractivity contribution is 7.13. The number of hydrogen-bond acceptors (Lipinski definition) is 9. The number of primary amides is 1. The summed E-state index contributed by atoms with van der Waals surface area (Å²) in [6.45, 7) is 6.39. The summed E-state index contributed by atoms with van der Waals surface area (Å²) in [5.41, 5.74) is 8.22. The Balaban J connectivity index is 1.59. The summed E-state index contributed by atoms with van der Waals surface area (Å²) in [6, 6.07) is 5.28. The zero-order valence-electron chi connectivity index (χ0n) is 20.8. The predicted molar refractivity (Wildman–Crippen MR) is 140 cm³/mol. The lowest BCUT2D eigenvalue weighted by Gasteiger charge is -2.31. The quantitative estimate of drug-likeness (QED) is 0.439. The van der Waals surface area contributed by atoms with Crippen LogP contribution in [0.2, 0.25) is 5.02 Å². The van der Waals surface area contributed by atoms with Crippen LogP contribution in [0.3, 0.4) is 0 Å². The molecule has 12 heteroatoms. The van der Waals surface area contributed by atoms with Crippen molar-refractivity contribution in [1.29, 1.82) is 0 Å². The van der Waals surface area contributed by atoms with Crippen LogP contribution in [-0.4, -0.2) is 52.1 Å². The minimum Gasteiger partial charge on any atom is -0.465 e. The lowest BCUT2D eigenvalue weighted by atomic mass is 9.99. The van der Waals surface area contributed by atoms with Crippen molar-refractivity contribution in [2.75, 3.05) is 19.0 Å². The molecule has 3 aromatic rings. The van der Waals surface area contributed by atoms with Gasteiger partial charge in [0.25, 0.3) is 5.91 Å².